The third-order valence-electron chi connectivity index (χ3n) is 5.19. The smallest absolute Gasteiger partial charge is 0.496 e. The molecule has 0 fully saturated rings. The molecule has 1 aliphatic rings. The van der Waals surface area contributed by atoms with Crippen molar-refractivity contribution in [2.45, 2.75) is 36.5 Å². The average Bonchev–Trinajstić information content (AvgIpc) is 2.91. The largest absolute Gasteiger partial charge is 0.584 e. The first kappa shape index (κ1) is 22.5. The second-order valence-corrected chi connectivity index (χ2v) is 10.2. The van der Waals surface area contributed by atoms with Crippen LogP contribution in [0.1, 0.15) is 42.0 Å². The van der Waals surface area contributed by atoms with Crippen molar-refractivity contribution in [1.29, 1.82) is 0 Å². The Morgan fingerprint density at radius 1 is 0.969 bits per heavy atom. The topological polar surface area (TPSA) is 65.0 Å². The molecule has 0 spiro atoms. The standard InChI is InChI=1S/C25H25O5PS/c1-16(2)18-13-12-17(3)22(14-18)29-31(26,27)30-23-15-19-8-5-6-11-24(19)32-25-20(23)9-7-10-21(25)28-4/h5-16H,1-4H3,(H,26,27). The van der Waals surface area contributed by atoms with Crippen molar-refractivity contribution >= 4 is 31.4 Å². The second-order valence-electron chi connectivity index (χ2n) is 7.82. The average molecular weight is 469 g/mol. The molecule has 4 rings (SSSR count). The van der Waals surface area contributed by atoms with Gasteiger partial charge >= 0.3 is 7.82 Å². The maximum Gasteiger partial charge on any atom is 0.584 e. The first-order chi connectivity index (χ1) is 15.3. The number of rotatable bonds is 6. The summed E-state index contributed by atoms with van der Waals surface area (Å²) in [5.74, 6) is 1.50. The minimum Gasteiger partial charge on any atom is -0.496 e. The van der Waals surface area contributed by atoms with Gasteiger partial charge in [-0.1, -0.05) is 62.0 Å². The summed E-state index contributed by atoms with van der Waals surface area (Å²) in [5.41, 5.74) is 3.31. The van der Waals surface area contributed by atoms with Crippen LogP contribution >= 0.6 is 19.6 Å². The Morgan fingerprint density at radius 3 is 2.50 bits per heavy atom. The molecule has 0 saturated carbocycles. The van der Waals surface area contributed by atoms with Crippen LogP contribution in [0.25, 0.3) is 11.8 Å². The summed E-state index contributed by atoms with van der Waals surface area (Å²) in [5, 5.41) is 0. The van der Waals surface area contributed by atoms with Crippen LogP contribution in [0.4, 0.5) is 0 Å². The number of aryl methyl sites for hydroxylation is 1. The van der Waals surface area contributed by atoms with E-state index in [0.29, 0.717) is 17.1 Å². The van der Waals surface area contributed by atoms with E-state index in [9.17, 15) is 9.46 Å². The number of hydrogen-bond acceptors (Lipinski definition) is 5. The van der Waals surface area contributed by atoms with E-state index in [4.69, 9.17) is 13.8 Å². The Balaban J connectivity index is 1.74. The van der Waals surface area contributed by atoms with E-state index in [1.807, 2.05) is 61.5 Å². The van der Waals surface area contributed by atoms with Gasteiger partial charge in [0.1, 0.15) is 17.3 Å². The summed E-state index contributed by atoms with van der Waals surface area (Å²) in [4.78, 5) is 12.5. The molecule has 0 radical (unpaired) electrons. The molecule has 0 aromatic heterocycles. The number of benzene rings is 3. The predicted octanol–water partition coefficient (Wildman–Crippen LogP) is 7.29. The summed E-state index contributed by atoms with van der Waals surface area (Å²) >= 11 is 1.53. The third kappa shape index (κ3) is 4.73. The highest BCUT2D eigenvalue weighted by Crippen LogP contribution is 2.53. The first-order valence-electron chi connectivity index (χ1n) is 10.3. The zero-order chi connectivity index (χ0) is 22.9. The summed E-state index contributed by atoms with van der Waals surface area (Å²) < 4.78 is 29.9. The molecule has 1 aliphatic heterocycles. The fourth-order valence-corrected chi connectivity index (χ4v) is 5.44. The second kappa shape index (κ2) is 9.07. The molecule has 0 amide bonds. The minimum absolute atomic E-state index is 0.250. The lowest BCUT2D eigenvalue weighted by atomic mass is 10.0. The molecule has 7 heteroatoms. The zero-order valence-electron chi connectivity index (χ0n) is 18.4. The van der Waals surface area contributed by atoms with E-state index in [1.165, 1.54) is 11.8 Å². The summed E-state index contributed by atoms with van der Waals surface area (Å²) in [6.07, 6.45) is 1.76. The molecule has 32 heavy (non-hydrogen) atoms. The molecule has 3 aromatic rings. The van der Waals surface area contributed by atoms with Gasteiger partial charge in [-0.3, -0.25) is 4.89 Å². The Bertz CT molecular complexity index is 1230. The molecule has 1 heterocycles. The van der Waals surface area contributed by atoms with Crippen LogP contribution in [0.2, 0.25) is 0 Å². The molecule has 0 aliphatic carbocycles. The van der Waals surface area contributed by atoms with Crippen LogP contribution in [0, 0.1) is 6.92 Å². The molecular formula is C25H25O5PS. The van der Waals surface area contributed by atoms with E-state index < -0.39 is 7.82 Å². The molecule has 1 N–H and O–H groups in total. The lowest BCUT2D eigenvalue weighted by Gasteiger charge is -2.19. The fraction of sp³-hybridized carbons (Fsp3) is 0.200. The van der Waals surface area contributed by atoms with Gasteiger partial charge in [0.2, 0.25) is 0 Å². The minimum atomic E-state index is -4.49. The molecule has 0 bridgehead atoms. The zero-order valence-corrected chi connectivity index (χ0v) is 20.1. The molecule has 0 saturated heterocycles. The van der Waals surface area contributed by atoms with Crippen LogP contribution in [-0.4, -0.2) is 12.0 Å². The molecule has 5 nitrogen and oxygen atoms in total. The number of hydrogen-bond donors (Lipinski definition) is 1. The first-order valence-corrected chi connectivity index (χ1v) is 12.6. The predicted molar refractivity (Wildman–Crippen MR) is 128 cm³/mol. The van der Waals surface area contributed by atoms with Gasteiger partial charge in [0.05, 0.1) is 12.0 Å². The van der Waals surface area contributed by atoms with Gasteiger partial charge in [-0.05, 0) is 59.9 Å². The van der Waals surface area contributed by atoms with Gasteiger partial charge in [0.15, 0.2) is 0 Å². The van der Waals surface area contributed by atoms with Crippen molar-refractivity contribution in [3.63, 3.8) is 0 Å². The molecule has 3 aromatic carbocycles. The summed E-state index contributed by atoms with van der Waals surface area (Å²) in [7, 11) is -2.89. The van der Waals surface area contributed by atoms with E-state index in [-0.39, 0.29) is 11.7 Å². The van der Waals surface area contributed by atoms with Gasteiger partial charge in [-0.15, -0.1) is 0 Å². The van der Waals surface area contributed by atoms with Crippen molar-refractivity contribution < 1.29 is 23.2 Å². The van der Waals surface area contributed by atoms with E-state index in [0.717, 1.165) is 26.5 Å². The quantitative estimate of drug-likeness (QED) is 0.383. The monoisotopic (exact) mass is 468 g/mol. The maximum absolute atomic E-state index is 13.1. The highest BCUT2D eigenvalue weighted by atomic mass is 32.2. The van der Waals surface area contributed by atoms with Crippen molar-refractivity contribution in [2.75, 3.05) is 7.11 Å². The van der Waals surface area contributed by atoms with Gasteiger partial charge < -0.3 is 13.8 Å². The molecule has 1 unspecified atom stereocenters. The van der Waals surface area contributed by atoms with Crippen LogP contribution in [-0.2, 0) is 9.09 Å². The SMILES string of the molecule is COc1cccc2c1Sc1ccccc1C=C2OP(=O)(O)Oc1cc(C(C)C)ccc1C. The Hall–Kier alpha value is -2.66. The number of ether oxygens (including phenoxy) is 1. The maximum atomic E-state index is 13.1. The summed E-state index contributed by atoms with van der Waals surface area (Å²) in [6, 6.07) is 19.0. The Morgan fingerprint density at radius 2 is 1.75 bits per heavy atom. The number of phosphoric acid groups is 1. The highest BCUT2D eigenvalue weighted by molar-refractivity contribution is 7.99. The van der Waals surface area contributed by atoms with Crippen molar-refractivity contribution in [3.8, 4) is 11.5 Å². The highest BCUT2D eigenvalue weighted by Gasteiger charge is 2.30. The normalized spacial score (nSPS) is 14.5. The lowest BCUT2D eigenvalue weighted by Crippen LogP contribution is -2.01. The van der Waals surface area contributed by atoms with E-state index >= 15 is 0 Å². The molecular weight excluding hydrogens is 443 g/mol. The fourth-order valence-electron chi connectivity index (χ4n) is 3.41. The van der Waals surface area contributed by atoms with E-state index in [2.05, 4.69) is 13.8 Å². The lowest BCUT2D eigenvalue weighted by molar-refractivity contribution is 0.276. The summed E-state index contributed by atoms with van der Waals surface area (Å²) in [6.45, 7) is 5.94. The van der Waals surface area contributed by atoms with Gasteiger partial charge in [-0.2, -0.15) is 0 Å². The van der Waals surface area contributed by atoms with Crippen LogP contribution in [0.5, 0.6) is 11.5 Å². The van der Waals surface area contributed by atoms with Gasteiger partial charge in [0.25, 0.3) is 0 Å². The number of phosphoric ester groups is 1. The van der Waals surface area contributed by atoms with Crippen LogP contribution in [0.15, 0.2) is 70.5 Å². The van der Waals surface area contributed by atoms with Crippen molar-refractivity contribution in [3.05, 3.63) is 82.9 Å². The van der Waals surface area contributed by atoms with Crippen LogP contribution in [0.3, 0.4) is 0 Å². The Kier molecular flexibility index (Phi) is 6.38. The number of methoxy groups -OCH3 is 1. The van der Waals surface area contributed by atoms with Crippen LogP contribution < -0.4 is 9.26 Å². The van der Waals surface area contributed by atoms with Gasteiger partial charge in [0, 0.05) is 10.5 Å². The third-order valence-corrected chi connectivity index (χ3v) is 7.26. The molecule has 1 atom stereocenters. The number of fused-ring (bicyclic) bond motifs is 2. The van der Waals surface area contributed by atoms with Gasteiger partial charge in [-0.25, -0.2) is 4.57 Å². The molecule has 166 valence electrons. The van der Waals surface area contributed by atoms with Crippen molar-refractivity contribution in [2.24, 2.45) is 0 Å². The Labute approximate surface area is 192 Å². The van der Waals surface area contributed by atoms with E-state index in [1.54, 1.807) is 19.3 Å². The van der Waals surface area contributed by atoms with Crippen molar-refractivity contribution in [1.82, 2.24) is 0 Å².